The van der Waals surface area contributed by atoms with Gasteiger partial charge in [-0.1, -0.05) is 151 Å². The van der Waals surface area contributed by atoms with Gasteiger partial charge in [0, 0.05) is 19.7 Å². The predicted molar refractivity (Wildman–Crippen MR) is 188 cm³/mol. The molecular formula is C40H31ClS2. The molecule has 2 aliphatic heterocycles. The highest BCUT2D eigenvalue weighted by atomic mass is 35.5. The molecule has 0 spiro atoms. The number of thioether (sulfide) groups is 2. The molecule has 1 atom stereocenters. The zero-order valence-electron chi connectivity index (χ0n) is 23.7. The van der Waals surface area contributed by atoms with Crippen LogP contribution >= 0.6 is 35.1 Å². The molecule has 0 nitrogen and oxygen atoms in total. The normalized spacial score (nSPS) is 20.2. The fraction of sp³-hybridized carbons (Fsp3) is 0.100. The molecule has 0 saturated carbocycles. The molecule has 43 heavy (non-hydrogen) atoms. The highest BCUT2D eigenvalue weighted by molar-refractivity contribution is 8.08. The van der Waals surface area contributed by atoms with Crippen LogP contribution in [0.25, 0.3) is 16.1 Å². The highest BCUT2D eigenvalue weighted by Gasteiger charge is 2.21. The van der Waals surface area contributed by atoms with Gasteiger partial charge in [0.2, 0.25) is 0 Å². The molecule has 210 valence electrons. The van der Waals surface area contributed by atoms with Gasteiger partial charge in [-0.3, -0.25) is 0 Å². The van der Waals surface area contributed by atoms with Crippen molar-refractivity contribution in [2.24, 2.45) is 0 Å². The number of hydrogen-bond donors (Lipinski definition) is 0. The van der Waals surface area contributed by atoms with Crippen LogP contribution in [0.1, 0.15) is 46.8 Å². The summed E-state index contributed by atoms with van der Waals surface area (Å²) in [6, 6.07) is 38.8. The van der Waals surface area contributed by atoms with E-state index in [1.54, 1.807) is 0 Å². The van der Waals surface area contributed by atoms with Crippen molar-refractivity contribution in [3.8, 4) is 0 Å². The first-order valence-electron chi connectivity index (χ1n) is 14.8. The van der Waals surface area contributed by atoms with E-state index >= 15 is 0 Å². The van der Waals surface area contributed by atoms with E-state index in [-0.39, 0.29) is 0 Å². The van der Waals surface area contributed by atoms with Gasteiger partial charge in [-0.2, -0.15) is 0 Å². The topological polar surface area (TPSA) is 0 Å². The second-order valence-corrected chi connectivity index (χ2v) is 13.5. The summed E-state index contributed by atoms with van der Waals surface area (Å²) in [7, 11) is 0. The van der Waals surface area contributed by atoms with Crippen LogP contribution in [0.2, 0.25) is 0 Å². The summed E-state index contributed by atoms with van der Waals surface area (Å²) in [5.41, 5.74) is 10.0. The van der Waals surface area contributed by atoms with Crippen molar-refractivity contribution < 1.29 is 0 Å². The van der Waals surface area contributed by atoms with Crippen LogP contribution in [-0.2, 0) is 0 Å². The smallest absolute Gasteiger partial charge is 0.0533 e. The van der Waals surface area contributed by atoms with Crippen molar-refractivity contribution in [2.75, 3.05) is 0 Å². The second-order valence-electron chi connectivity index (χ2n) is 10.9. The Balaban J connectivity index is 1.21. The van der Waals surface area contributed by atoms with E-state index in [4.69, 9.17) is 11.6 Å². The van der Waals surface area contributed by atoms with Crippen molar-refractivity contribution in [1.29, 1.82) is 0 Å². The molecule has 0 amide bonds. The van der Waals surface area contributed by atoms with Crippen molar-refractivity contribution in [1.82, 2.24) is 0 Å². The molecule has 0 N–H and O–H groups in total. The zero-order chi connectivity index (χ0) is 29.0. The molecule has 1 unspecified atom stereocenters. The average molecular weight is 611 g/mol. The minimum absolute atomic E-state index is 0.291. The Labute approximate surface area is 268 Å². The number of fused-ring (bicyclic) bond motifs is 2. The quantitative estimate of drug-likeness (QED) is 0.220. The van der Waals surface area contributed by atoms with Gasteiger partial charge in [0.05, 0.1) is 5.25 Å². The standard InChI is InChI=1S/C40H31ClS2/c41-40-30(22-24-32-26-38(28-12-3-1-4-13-28)42-36-20-9-7-18-34(32)36)16-11-17-31(40)23-25-33-27-39(29-14-5-2-6-15-29)43-37-21-10-8-19-35(33)37/h1-10,12-15,18-27,38H,11,16-17H2/b24-22+,31-23-,33-25+. The molecule has 0 saturated heterocycles. The molecule has 4 aromatic rings. The number of benzene rings is 4. The van der Waals surface area contributed by atoms with E-state index in [0.29, 0.717) is 5.25 Å². The summed E-state index contributed by atoms with van der Waals surface area (Å²) < 4.78 is 0. The minimum atomic E-state index is 0.291. The maximum absolute atomic E-state index is 7.12. The van der Waals surface area contributed by atoms with Crippen molar-refractivity contribution in [2.45, 2.75) is 34.3 Å². The van der Waals surface area contributed by atoms with Crippen molar-refractivity contribution in [3.63, 3.8) is 0 Å². The average Bonchev–Trinajstić information content (AvgIpc) is 3.07. The summed E-state index contributed by atoms with van der Waals surface area (Å²) in [5, 5.41) is 1.18. The highest BCUT2D eigenvalue weighted by Crippen LogP contribution is 2.47. The number of rotatable bonds is 5. The zero-order valence-corrected chi connectivity index (χ0v) is 26.1. The SMILES string of the molecule is ClC1=C(/C=C/C2=CC(c3ccccc3)Sc3ccccc32)CCC/C1=C/C=C1\C=C(c2ccccc2)Sc2ccccc21. The lowest BCUT2D eigenvalue weighted by molar-refractivity contribution is 0.792. The first kappa shape index (κ1) is 28.1. The Morgan fingerprint density at radius 1 is 0.674 bits per heavy atom. The van der Waals surface area contributed by atoms with E-state index < -0.39 is 0 Å². The first-order chi connectivity index (χ1) is 21.2. The summed E-state index contributed by atoms with van der Waals surface area (Å²) in [6.07, 6.45) is 16.8. The van der Waals surface area contributed by atoms with Gasteiger partial charge in [0.25, 0.3) is 0 Å². The largest absolute Gasteiger partial charge is 0.113 e. The van der Waals surface area contributed by atoms with Gasteiger partial charge < -0.3 is 0 Å². The molecule has 7 rings (SSSR count). The third kappa shape index (κ3) is 6.19. The lowest BCUT2D eigenvalue weighted by atomic mass is 9.92. The predicted octanol–water partition coefficient (Wildman–Crippen LogP) is 12.3. The lowest BCUT2D eigenvalue weighted by Gasteiger charge is -2.23. The van der Waals surface area contributed by atoms with Crippen molar-refractivity contribution >= 4 is 51.2 Å². The molecule has 1 aliphatic carbocycles. The molecular weight excluding hydrogens is 580 g/mol. The molecule has 4 aromatic carbocycles. The van der Waals surface area contributed by atoms with E-state index in [9.17, 15) is 0 Å². The Morgan fingerprint density at radius 3 is 2.19 bits per heavy atom. The molecule has 0 radical (unpaired) electrons. The van der Waals surface area contributed by atoms with E-state index in [0.717, 1.165) is 24.3 Å². The molecule has 2 heterocycles. The Bertz CT molecular complexity index is 1840. The lowest BCUT2D eigenvalue weighted by Crippen LogP contribution is -2.00. The monoisotopic (exact) mass is 610 g/mol. The van der Waals surface area contributed by atoms with Gasteiger partial charge in [-0.25, -0.2) is 0 Å². The second kappa shape index (κ2) is 12.9. The molecule has 0 fully saturated rings. The number of halogens is 1. The van der Waals surface area contributed by atoms with Crippen LogP contribution in [0.5, 0.6) is 0 Å². The van der Waals surface area contributed by atoms with E-state index in [1.165, 1.54) is 59.2 Å². The van der Waals surface area contributed by atoms with Crippen LogP contribution in [0.4, 0.5) is 0 Å². The number of hydrogen-bond acceptors (Lipinski definition) is 2. The third-order valence-corrected chi connectivity index (χ3v) is 11.0. The number of allylic oxidation sites excluding steroid dienone is 10. The fourth-order valence-corrected chi connectivity index (χ4v) is 8.50. The van der Waals surface area contributed by atoms with Crippen molar-refractivity contribution in [3.05, 3.63) is 184 Å². The van der Waals surface area contributed by atoms with Crippen LogP contribution in [0.3, 0.4) is 0 Å². The molecule has 3 aliphatic rings. The van der Waals surface area contributed by atoms with Gasteiger partial charge in [0.1, 0.15) is 0 Å². The van der Waals surface area contributed by atoms with Crippen LogP contribution < -0.4 is 0 Å². The Hall–Kier alpha value is -3.69. The van der Waals surface area contributed by atoms with Gasteiger partial charge in [0.15, 0.2) is 0 Å². The summed E-state index contributed by atoms with van der Waals surface area (Å²) in [5.74, 6) is 0. The summed E-state index contributed by atoms with van der Waals surface area (Å²) >= 11 is 10.9. The van der Waals surface area contributed by atoms with Crippen LogP contribution in [0.15, 0.2) is 172 Å². The van der Waals surface area contributed by atoms with Crippen LogP contribution in [0, 0.1) is 0 Å². The minimum Gasteiger partial charge on any atom is -0.113 e. The van der Waals surface area contributed by atoms with Crippen LogP contribution in [-0.4, -0.2) is 0 Å². The Kier molecular flexibility index (Phi) is 8.43. The maximum Gasteiger partial charge on any atom is 0.0533 e. The molecule has 0 aromatic heterocycles. The molecule has 3 heteroatoms. The van der Waals surface area contributed by atoms with E-state index in [1.807, 2.05) is 23.5 Å². The van der Waals surface area contributed by atoms with Gasteiger partial charge >= 0.3 is 0 Å². The summed E-state index contributed by atoms with van der Waals surface area (Å²) in [4.78, 5) is 3.88. The summed E-state index contributed by atoms with van der Waals surface area (Å²) in [6.45, 7) is 0. The van der Waals surface area contributed by atoms with E-state index in [2.05, 4.69) is 146 Å². The molecule has 0 bridgehead atoms. The Morgan fingerprint density at radius 2 is 1.37 bits per heavy atom. The maximum atomic E-state index is 7.12. The fourth-order valence-electron chi connectivity index (χ4n) is 5.82. The first-order valence-corrected chi connectivity index (χ1v) is 16.9. The van der Waals surface area contributed by atoms with Gasteiger partial charge in [-0.05, 0) is 82.0 Å². The third-order valence-electron chi connectivity index (χ3n) is 8.06. The van der Waals surface area contributed by atoms with Gasteiger partial charge in [-0.15, -0.1) is 11.8 Å².